The summed E-state index contributed by atoms with van der Waals surface area (Å²) in [6, 6.07) is 0. The van der Waals surface area contributed by atoms with E-state index in [0.29, 0.717) is 0 Å². The molecule has 1 aromatic rings. The van der Waals surface area contributed by atoms with Crippen molar-refractivity contribution >= 4 is 0 Å². The lowest BCUT2D eigenvalue weighted by atomic mass is 9.58. The van der Waals surface area contributed by atoms with Gasteiger partial charge in [-0.1, -0.05) is 0 Å². The summed E-state index contributed by atoms with van der Waals surface area (Å²) in [7, 11) is 0. The number of hydrogen-bond donors (Lipinski definition) is 1. The normalized spacial score (nSPS) is 29.5. The molecule has 1 N–H and O–H groups in total. The third-order valence-electron chi connectivity index (χ3n) is 5.13. The maximum atomic E-state index is 10.2. The van der Waals surface area contributed by atoms with E-state index in [1.54, 1.807) is 0 Å². The van der Waals surface area contributed by atoms with E-state index < -0.39 is 0 Å². The number of rotatable bonds is 5. The van der Waals surface area contributed by atoms with E-state index in [2.05, 4.69) is 14.5 Å². The lowest BCUT2D eigenvalue weighted by Crippen LogP contribution is -2.62. The summed E-state index contributed by atoms with van der Waals surface area (Å²) in [6.07, 6.45) is 8.75. The quantitative estimate of drug-likeness (QED) is 0.878. The third kappa shape index (κ3) is 2.50. The molecule has 0 radical (unpaired) electrons. The number of ether oxygens (including phenoxy) is 1. The molecular formula is C15H25N3O2. The molecule has 1 aromatic heterocycles. The van der Waals surface area contributed by atoms with E-state index in [4.69, 9.17) is 4.74 Å². The summed E-state index contributed by atoms with van der Waals surface area (Å²) in [5, 5.41) is 10.2. The smallest absolute Gasteiger partial charge is 0.0946 e. The van der Waals surface area contributed by atoms with E-state index in [-0.39, 0.29) is 17.6 Å². The topological polar surface area (TPSA) is 50.5 Å². The molecular weight excluding hydrogens is 254 g/mol. The Balaban J connectivity index is 1.49. The largest absolute Gasteiger partial charge is 0.392 e. The van der Waals surface area contributed by atoms with Crippen LogP contribution in [0.15, 0.2) is 18.7 Å². The van der Waals surface area contributed by atoms with Crippen LogP contribution < -0.4 is 0 Å². The minimum Gasteiger partial charge on any atom is -0.392 e. The van der Waals surface area contributed by atoms with Gasteiger partial charge in [0.2, 0.25) is 0 Å². The van der Waals surface area contributed by atoms with Gasteiger partial charge in [0.05, 0.1) is 18.5 Å². The highest BCUT2D eigenvalue weighted by Gasteiger charge is 2.55. The average Bonchev–Trinajstić information content (AvgIpc) is 2.99. The molecule has 0 aromatic carbocycles. The Morgan fingerprint density at radius 1 is 1.35 bits per heavy atom. The summed E-state index contributed by atoms with van der Waals surface area (Å²) < 4.78 is 7.92. The zero-order chi connectivity index (χ0) is 14.0. The molecule has 1 aliphatic heterocycles. The molecule has 3 rings (SSSR count). The van der Waals surface area contributed by atoms with Gasteiger partial charge in [-0.3, -0.25) is 0 Å². The molecule has 5 nitrogen and oxygen atoms in total. The summed E-state index contributed by atoms with van der Waals surface area (Å²) in [6.45, 7) is 6.97. The SMILES string of the molecule is CCOC1CC(O)C12CCN(CCn1ccnc1)CC2. The molecule has 112 valence electrons. The summed E-state index contributed by atoms with van der Waals surface area (Å²) in [5.74, 6) is 0. The second kappa shape index (κ2) is 5.84. The highest BCUT2D eigenvalue weighted by atomic mass is 16.5. The Morgan fingerprint density at radius 3 is 2.75 bits per heavy atom. The van der Waals surface area contributed by atoms with Crippen LogP contribution in [0.2, 0.25) is 0 Å². The van der Waals surface area contributed by atoms with E-state index in [1.807, 2.05) is 25.6 Å². The zero-order valence-electron chi connectivity index (χ0n) is 12.2. The number of aliphatic hydroxyl groups is 1. The maximum absolute atomic E-state index is 10.2. The monoisotopic (exact) mass is 279 g/mol. The lowest BCUT2D eigenvalue weighted by molar-refractivity contribution is -0.209. The van der Waals surface area contributed by atoms with E-state index in [0.717, 1.165) is 52.0 Å². The van der Waals surface area contributed by atoms with E-state index in [1.165, 1.54) is 0 Å². The molecule has 1 saturated heterocycles. The van der Waals surface area contributed by atoms with Crippen LogP contribution in [0.25, 0.3) is 0 Å². The van der Waals surface area contributed by atoms with Crippen molar-refractivity contribution in [3.63, 3.8) is 0 Å². The van der Waals surface area contributed by atoms with Crippen molar-refractivity contribution < 1.29 is 9.84 Å². The fraction of sp³-hybridized carbons (Fsp3) is 0.800. The van der Waals surface area contributed by atoms with Crippen molar-refractivity contribution in [2.75, 3.05) is 26.2 Å². The van der Waals surface area contributed by atoms with Crippen LogP contribution >= 0.6 is 0 Å². The van der Waals surface area contributed by atoms with Gasteiger partial charge in [-0.05, 0) is 32.9 Å². The first-order chi connectivity index (χ1) is 9.74. The van der Waals surface area contributed by atoms with Gasteiger partial charge in [0.1, 0.15) is 0 Å². The predicted molar refractivity (Wildman–Crippen MR) is 76.4 cm³/mol. The highest BCUT2D eigenvalue weighted by Crippen LogP contribution is 2.50. The zero-order valence-corrected chi connectivity index (χ0v) is 12.2. The minimum atomic E-state index is -0.158. The number of nitrogens with zero attached hydrogens (tertiary/aromatic N) is 3. The number of aliphatic hydroxyl groups excluding tert-OH is 1. The van der Waals surface area contributed by atoms with Gasteiger partial charge in [-0.25, -0.2) is 4.98 Å². The molecule has 0 amide bonds. The standard InChI is InChI=1S/C15H25N3O2/c1-2-20-14-11-13(19)15(14)3-6-17(7-4-15)9-10-18-8-5-16-12-18/h5,8,12-14,19H,2-4,6-7,9-11H2,1H3. The van der Waals surface area contributed by atoms with Crippen LogP contribution in [-0.2, 0) is 11.3 Å². The first-order valence-corrected chi connectivity index (χ1v) is 7.72. The Hall–Kier alpha value is -0.910. The molecule has 1 aliphatic carbocycles. The van der Waals surface area contributed by atoms with Gasteiger partial charge in [0.25, 0.3) is 0 Å². The van der Waals surface area contributed by atoms with Crippen LogP contribution in [0.1, 0.15) is 26.2 Å². The van der Waals surface area contributed by atoms with Crippen molar-refractivity contribution in [2.24, 2.45) is 5.41 Å². The minimum absolute atomic E-state index is 0.0432. The van der Waals surface area contributed by atoms with Gasteiger partial charge in [0.15, 0.2) is 0 Å². The van der Waals surface area contributed by atoms with Gasteiger partial charge < -0.3 is 19.3 Å². The molecule has 20 heavy (non-hydrogen) atoms. The number of hydrogen-bond acceptors (Lipinski definition) is 4. The van der Waals surface area contributed by atoms with Crippen LogP contribution in [0, 0.1) is 5.41 Å². The Kier molecular flexibility index (Phi) is 4.10. The number of imidazole rings is 1. The molecule has 2 unspecified atom stereocenters. The Morgan fingerprint density at radius 2 is 2.15 bits per heavy atom. The number of piperidine rings is 1. The lowest BCUT2D eigenvalue weighted by Gasteiger charge is -2.56. The van der Waals surface area contributed by atoms with E-state index >= 15 is 0 Å². The average molecular weight is 279 g/mol. The molecule has 1 saturated carbocycles. The second-order valence-electron chi connectivity index (χ2n) is 6.07. The van der Waals surface area contributed by atoms with Crippen LogP contribution in [0.3, 0.4) is 0 Å². The van der Waals surface area contributed by atoms with Crippen LogP contribution in [0.5, 0.6) is 0 Å². The molecule has 1 spiro atoms. The van der Waals surface area contributed by atoms with Gasteiger partial charge in [-0.2, -0.15) is 0 Å². The van der Waals surface area contributed by atoms with Gasteiger partial charge in [-0.15, -0.1) is 0 Å². The highest BCUT2D eigenvalue weighted by molar-refractivity contribution is 5.06. The molecule has 0 bridgehead atoms. The number of likely N-dealkylation sites (tertiary alicyclic amines) is 1. The Labute approximate surface area is 120 Å². The number of aromatic nitrogens is 2. The first kappa shape index (κ1) is 14.0. The molecule has 2 aliphatic rings. The van der Waals surface area contributed by atoms with E-state index in [9.17, 15) is 5.11 Å². The fourth-order valence-corrected chi connectivity index (χ4v) is 3.69. The molecule has 2 atom stereocenters. The maximum Gasteiger partial charge on any atom is 0.0946 e. The summed E-state index contributed by atoms with van der Waals surface area (Å²) in [5.41, 5.74) is 0.0432. The van der Waals surface area contributed by atoms with Crippen LogP contribution in [-0.4, -0.2) is 58.0 Å². The first-order valence-electron chi connectivity index (χ1n) is 7.72. The van der Waals surface area contributed by atoms with Crippen LogP contribution in [0.4, 0.5) is 0 Å². The van der Waals surface area contributed by atoms with Crippen molar-refractivity contribution in [1.82, 2.24) is 14.5 Å². The Bertz CT molecular complexity index is 411. The van der Waals surface area contributed by atoms with Crippen molar-refractivity contribution in [1.29, 1.82) is 0 Å². The van der Waals surface area contributed by atoms with Crippen molar-refractivity contribution in [3.8, 4) is 0 Å². The van der Waals surface area contributed by atoms with Gasteiger partial charge >= 0.3 is 0 Å². The molecule has 2 heterocycles. The fourth-order valence-electron chi connectivity index (χ4n) is 3.69. The predicted octanol–water partition coefficient (Wildman–Crippen LogP) is 1.13. The van der Waals surface area contributed by atoms with Crippen molar-refractivity contribution in [2.45, 2.75) is 44.9 Å². The molecule has 2 fully saturated rings. The third-order valence-corrected chi connectivity index (χ3v) is 5.13. The second-order valence-corrected chi connectivity index (χ2v) is 6.07. The van der Waals surface area contributed by atoms with Crippen molar-refractivity contribution in [3.05, 3.63) is 18.7 Å². The summed E-state index contributed by atoms with van der Waals surface area (Å²) in [4.78, 5) is 6.55. The van der Waals surface area contributed by atoms with Gasteiger partial charge in [0, 0.05) is 43.9 Å². The summed E-state index contributed by atoms with van der Waals surface area (Å²) >= 11 is 0. The molecule has 5 heteroatoms.